The van der Waals surface area contributed by atoms with E-state index in [9.17, 15) is 0 Å². The Morgan fingerprint density at radius 1 is 1.45 bits per heavy atom. The van der Waals surface area contributed by atoms with Gasteiger partial charge in [-0.3, -0.25) is 4.90 Å². The van der Waals surface area contributed by atoms with E-state index >= 15 is 0 Å². The average molecular weight is 157 g/mol. The summed E-state index contributed by atoms with van der Waals surface area (Å²) >= 11 is 0. The highest BCUT2D eigenvalue weighted by Crippen LogP contribution is 2.13. The van der Waals surface area contributed by atoms with Crippen LogP contribution in [0.25, 0.3) is 0 Å². The van der Waals surface area contributed by atoms with E-state index in [0.717, 1.165) is 32.8 Å². The van der Waals surface area contributed by atoms with Gasteiger partial charge in [0.15, 0.2) is 0 Å². The number of epoxide rings is 1. The summed E-state index contributed by atoms with van der Waals surface area (Å²) < 4.78 is 10.6. The highest BCUT2D eigenvalue weighted by molar-refractivity contribution is 4.77. The molecule has 0 radical (unpaired) electrons. The van der Waals surface area contributed by atoms with Gasteiger partial charge in [0.25, 0.3) is 0 Å². The lowest BCUT2D eigenvalue weighted by Crippen LogP contribution is -2.42. The van der Waals surface area contributed by atoms with E-state index in [1.807, 2.05) is 0 Å². The average Bonchev–Trinajstić information content (AvgIpc) is 2.71. The van der Waals surface area contributed by atoms with E-state index in [4.69, 9.17) is 9.47 Å². The highest BCUT2D eigenvalue weighted by Gasteiger charge is 2.27. The first kappa shape index (κ1) is 7.53. The molecule has 0 aromatic heterocycles. The van der Waals surface area contributed by atoms with Gasteiger partial charge in [0.2, 0.25) is 0 Å². The van der Waals surface area contributed by atoms with E-state index < -0.39 is 0 Å². The maximum Gasteiger partial charge on any atom is 0.0936 e. The van der Waals surface area contributed by atoms with Gasteiger partial charge >= 0.3 is 0 Å². The van der Waals surface area contributed by atoms with Gasteiger partial charge in [-0.25, -0.2) is 0 Å². The standard InChI is InChI=1S/C8H15NO2/c1-7-4-9(2-3-10-7)5-8-6-11-8/h7-8H,2-6H2,1H3. The van der Waals surface area contributed by atoms with Crippen LogP contribution in [0.3, 0.4) is 0 Å². The minimum Gasteiger partial charge on any atom is -0.376 e. The molecule has 2 atom stereocenters. The smallest absolute Gasteiger partial charge is 0.0936 e. The largest absolute Gasteiger partial charge is 0.376 e. The summed E-state index contributed by atoms with van der Waals surface area (Å²) in [5, 5.41) is 0. The van der Waals surface area contributed by atoms with Crippen LogP contribution in [-0.4, -0.2) is 50.0 Å². The quantitative estimate of drug-likeness (QED) is 0.532. The number of ether oxygens (including phenoxy) is 2. The molecule has 3 heteroatoms. The third-order valence-electron chi connectivity index (χ3n) is 2.19. The predicted octanol–water partition coefficient (Wildman–Crippen LogP) is 0.106. The maximum atomic E-state index is 5.43. The molecule has 0 aliphatic carbocycles. The summed E-state index contributed by atoms with van der Waals surface area (Å²) in [6.45, 7) is 7.22. The summed E-state index contributed by atoms with van der Waals surface area (Å²) in [5.74, 6) is 0. The minimum atomic E-state index is 0.405. The fourth-order valence-corrected chi connectivity index (χ4v) is 1.52. The van der Waals surface area contributed by atoms with Crippen LogP contribution in [0.15, 0.2) is 0 Å². The molecule has 2 heterocycles. The van der Waals surface area contributed by atoms with Gasteiger partial charge in [-0.15, -0.1) is 0 Å². The molecule has 0 aromatic carbocycles. The summed E-state index contributed by atoms with van der Waals surface area (Å²) in [5.41, 5.74) is 0. The Labute approximate surface area is 67.3 Å². The van der Waals surface area contributed by atoms with E-state index in [2.05, 4.69) is 11.8 Å². The van der Waals surface area contributed by atoms with Gasteiger partial charge < -0.3 is 9.47 Å². The van der Waals surface area contributed by atoms with Crippen molar-refractivity contribution >= 4 is 0 Å². The minimum absolute atomic E-state index is 0.405. The monoisotopic (exact) mass is 157 g/mol. The van der Waals surface area contributed by atoms with E-state index in [0.29, 0.717) is 12.2 Å². The zero-order valence-corrected chi connectivity index (χ0v) is 6.95. The third kappa shape index (κ3) is 2.15. The Balaban J connectivity index is 1.73. The lowest BCUT2D eigenvalue weighted by molar-refractivity contribution is -0.0199. The molecule has 0 amide bonds. The Kier molecular flexibility index (Phi) is 2.11. The second-order valence-corrected chi connectivity index (χ2v) is 3.40. The van der Waals surface area contributed by atoms with E-state index in [1.54, 1.807) is 0 Å². The Hall–Kier alpha value is -0.120. The summed E-state index contributed by atoms with van der Waals surface area (Å²) in [6.07, 6.45) is 0.933. The molecular formula is C8H15NO2. The second kappa shape index (κ2) is 3.09. The molecule has 2 rings (SSSR count). The van der Waals surface area contributed by atoms with Gasteiger partial charge in [-0.05, 0) is 6.92 Å². The first-order valence-electron chi connectivity index (χ1n) is 4.30. The predicted molar refractivity (Wildman–Crippen MR) is 41.6 cm³/mol. The van der Waals surface area contributed by atoms with Crippen molar-refractivity contribution in [1.82, 2.24) is 4.90 Å². The Bertz CT molecular complexity index is 134. The molecule has 2 saturated heterocycles. The fraction of sp³-hybridized carbons (Fsp3) is 1.00. The number of morpholine rings is 1. The van der Waals surface area contributed by atoms with Crippen molar-refractivity contribution in [1.29, 1.82) is 0 Å². The molecule has 0 aromatic rings. The molecule has 0 saturated carbocycles. The molecule has 0 N–H and O–H groups in total. The van der Waals surface area contributed by atoms with Crippen molar-refractivity contribution < 1.29 is 9.47 Å². The van der Waals surface area contributed by atoms with Gasteiger partial charge in [0.1, 0.15) is 0 Å². The molecule has 64 valence electrons. The van der Waals surface area contributed by atoms with E-state index in [-0.39, 0.29) is 0 Å². The second-order valence-electron chi connectivity index (χ2n) is 3.40. The van der Waals surface area contributed by atoms with Crippen molar-refractivity contribution in [3.63, 3.8) is 0 Å². The molecule has 0 spiro atoms. The Morgan fingerprint density at radius 3 is 2.91 bits per heavy atom. The zero-order chi connectivity index (χ0) is 7.68. The number of nitrogens with zero attached hydrogens (tertiary/aromatic N) is 1. The van der Waals surface area contributed by atoms with Gasteiger partial charge in [-0.1, -0.05) is 0 Å². The SMILES string of the molecule is CC1CN(CC2CO2)CCO1. The molecule has 2 aliphatic heterocycles. The number of hydrogen-bond acceptors (Lipinski definition) is 3. The maximum absolute atomic E-state index is 5.43. The van der Waals surface area contributed by atoms with Crippen LogP contribution in [0.5, 0.6) is 0 Å². The lowest BCUT2D eigenvalue weighted by Gasteiger charge is -2.30. The van der Waals surface area contributed by atoms with Crippen molar-refractivity contribution in [2.45, 2.75) is 19.1 Å². The third-order valence-corrected chi connectivity index (χ3v) is 2.19. The normalized spacial score (nSPS) is 39.0. The molecule has 2 fully saturated rings. The van der Waals surface area contributed by atoms with Crippen LogP contribution in [0.4, 0.5) is 0 Å². The van der Waals surface area contributed by atoms with Crippen LogP contribution >= 0.6 is 0 Å². The fourth-order valence-electron chi connectivity index (χ4n) is 1.52. The molecule has 2 aliphatic rings. The molecule has 2 unspecified atom stereocenters. The van der Waals surface area contributed by atoms with Crippen molar-refractivity contribution in [2.75, 3.05) is 32.8 Å². The molecule has 3 nitrogen and oxygen atoms in total. The van der Waals surface area contributed by atoms with Crippen molar-refractivity contribution in [2.24, 2.45) is 0 Å². The highest BCUT2D eigenvalue weighted by atomic mass is 16.6. The van der Waals surface area contributed by atoms with Crippen LogP contribution in [0.2, 0.25) is 0 Å². The van der Waals surface area contributed by atoms with Crippen molar-refractivity contribution in [3.05, 3.63) is 0 Å². The first-order chi connectivity index (χ1) is 5.34. The van der Waals surface area contributed by atoms with Crippen LogP contribution in [-0.2, 0) is 9.47 Å². The van der Waals surface area contributed by atoms with Crippen LogP contribution < -0.4 is 0 Å². The molecular weight excluding hydrogens is 142 g/mol. The first-order valence-corrected chi connectivity index (χ1v) is 4.30. The zero-order valence-electron chi connectivity index (χ0n) is 6.95. The number of hydrogen-bond donors (Lipinski definition) is 0. The summed E-state index contributed by atoms with van der Waals surface area (Å²) in [4.78, 5) is 2.42. The molecule has 0 bridgehead atoms. The van der Waals surface area contributed by atoms with Crippen molar-refractivity contribution in [3.8, 4) is 0 Å². The van der Waals surface area contributed by atoms with Crippen LogP contribution in [0.1, 0.15) is 6.92 Å². The van der Waals surface area contributed by atoms with Gasteiger partial charge in [0.05, 0.1) is 25.4 Å². The summed E-state index contributed by atoms with van der Waals surface area (Å²) in [7, 11) is 0. The van der Waals surface area contributed by atoms with Crippen LogP contribution in [0, 0.1) is 0 Å². The molecule has 11 heavy (non-hydrogen) atoms. The van der Waals surface area contributed by atoms with Gasteiger partial charge in [0, 0.05) is 19.6 Å². The summed E-state index contributed by atoms with van der Waals surface area (Å²) in [6, 6.07) is 0. The van der Waals surface area contributed by atoms with Gasteiger partial charge in [-0.2, -0.15) is 0 Å². The Morgan fingerprint density at radius 2 is 2.27 bits per heavy atom. The number of rotatable bonds is 2. The topological polar surface area (TPSA) is 25.0 Å². The lowest BCUT2D eigenvalue weighted by atomic mass is 10.3. The van der Waals surface area contributed by atoms with E-state index in [1.165, 1.54) is 0 Å².